The molecule has 2 aliphatic rings. The van der Waals surface area contributed by atoms with Crippen molar-refractivity contribution in [3.63, 3.8) is 0 Å². The second kappa shape index (κ2) is 12.7. The van der Waals surface area contributed by atoms with E-state index in [1.54, 1.807) is 6.07 Å². The minimum Gasteiger partial charge on any atom is -0.391 e. The largest absolute Gasteiger partial charge is 0.391 e. The van der Waals surface area contributed by atoms with Crippen LogP contribution in [0.5, 0.6) is 0 Å². The van der Waals surface area contributed by atoms with Gasteiger partial charge in [0.05, 0.1) is 33.4 Å². The van der Waals surface area contributed by atoms with Crippen LogP contribution in [0, 0.1) is 11.3 Å². The first-order valence-electron chi connectivity index (χ1n) is 15.3. The third kappa shape index (κ3) is 6.97. The molecular formula is C33H43Cl2N5O3. The first-order valence-corrected chi connectivity index (χ1v) is 16.0. The summed E-state index contributed by atoms with van der Waals surface area (Å²) in [6.07, 6.45) is 4.84. The van der Waals surface area contributed by atoms with Crippen molar-refractivity contribution < 1.29 is 14.7 Å². The molecule has 43 heavy (non-hydrogen) atoms. The number of imidazole rings is 1. The Balaban J connectivity index is 1.46. The quantitative estimate of drug-likeness (QED) is 0.298. The van der Waals surface area contributed by atoms with E-state index in [1.807, 2.05) is 50.6 Å². The van der Waals surface area contributed by atoms with Crippen molar-refractivity contribution >= 4 is 51.7 Å². The van der Waals surface area contributed by atoms with Gasteiger partial charge in [0.15, 0.2) is 0 Å². The van der Waals surface area contributed by atoms with E-state index in [0.29, 0.717) is 59.5 Å². The van der Waals surface area contributed by atoms with Gasteiger partial charge >= 0.3 is 0 Å². The van der Waals surface area contributed by atoms with Crippen LogP contribution in [0.15, 0.2) is 24.3 Å². The normalized spacial score (nSPS) is 20.9. The number of aromatic nitrogens is 2. The number of nitrogens with zero attached hydrogens (tertiary/aromatic N) is 3. The smallest absolute Gasteiger partial charge is 0.253 e. The fraction of sp³-hybridized carbons (Fsp3) is 0.545. The summed E-state index contributed by atoms with van der Waals surface area (Å²) in [4.78, 5) is 33.1. The molecule has 5 rings (SSSR count). The Morgan fingerprint density at radius 3 is 2.47 bits per heavy atom. The molecular weight excluding hydrogens is 585 g/mol. The molecule has 3 N–H and O–H groups in total. The van der Waals surface area contributed by atoms with Crippen molar-refractivity contribution in [2.24, 2.45) is 18.4 Å². The van der Waals surface area contributed by atoms with Gasteiger partial charge in [-0.1, -0.05) is 57.0 Å². The number of halogens is 2. The van der Waals surface area contributed by atoms with Crippen LogP contribution in [0.1, 0.15) is 87.1 Å². The van der Waals surface area contributed by atoms with Crippen LogP contribution in [-0.4, -0.2) is 51.7 Å². The molecule has 3 aromatic rings. The topological polar surface area (TPSA) is 99.5 Å². The Morgan fingerprint density at radius 2 is 1.81 bits per heavy atom. The lowest BCUT2D eigenvalue weighted by Gasteiger charge is -2.28. The maximum absolute atomic E-state index is 13.7. The van der Waals surface area contributed by atoms with Gasteiger partial charge in [0.25, 0.3) is 5.91 Å². The summed E-state index contributed by atoms with van der Waals surface area (Å²) >= 11 is 13.5. The van der Waals surface area contributed by atoms with E-state index in [2.05, 4.69) is 22.5 Å². The van der Waals surface area contributed by atoms with Crippen LogP contribution in [0.3, 0.4) is 0 Å². The van der Waals surface area contributed by atoms with E-state index in [9.17, 15) is 14.7 Å². The number of aliphatic hydroxyl groups is 1. The van der Waals surface area contributed by atoms with Gasteiger partial charge in [0.1, 0.15) is 5.82 Å². The molecule has 1 aliphatic carbocycles. The van der Waals surface area contributed by atoms with Crippen LogP contribution < -0.4 is 15.5 Å². The van der Waals surface area contributed by atoms with Gasteiger partial charge < -0.3 is 25.2 Å². The van der Waals surface area contributed by atoms with Crippen molar-refractivity contribution in [2.45, 2.75) is 84.9 Å². The fourth-order valence-corrected chi connectivity index (χ4v) is 6.62. The molecule has 1 saturated carbocycles. The highest BCUT2D eigenvalue weighted by atomic mass is 35.5. The van der Waals surface area contributed by atoms with E-state index in [1.165, 1.54) is 0 Å². The number of carbonyl (C=O) groups is 2. The Hall–Kier alpha value is -2.81. The molecule has 0 bridgehead atoms. The van der Waals surface area contributed by atoms with Gasteiger partial charge in [0, 0.05) is 49.6 Å². The number of β-amino-alcohol motifs (C(OH)–C–C–N with tert-alkyl or cyclic N) is 1. The SMILES string of the molecule is CC1CCC(NC(=O)c2cc3nc(Cc4c(Cl)ccc(CNC(=O)C(C)(C)C)c4Cl)n(C)c3cc2N2CCC(O)C2)CC1. The molecule has 1 atom stereocenters. The second-order valence-electron chi connectivity index (χ2n) is 13.4. The number of hydrogen-bond acceptors (Lipinski definition) is 5. The molecule has 10 heteroatoms. The van der Waals surface area contributed by atoms with E-state index in [0.717, 1.165) is 53.8 Å². The summed E-state index contributed by atoms with van der Waals surface area (Å²) in [6.45, 7) is 9.33. The maximum atomic E-state index is 13.7. The number of anilines is 1. The molecule has 2 heterocycles. The zero-order valence-corrected chi connectivity index (χ0v) is 27.3. The number of fused-ring (bicyclic) bond motifs is 1. The van der Waals surface area contributed by atoms with Gasteiger partial charge in [0.2, 0.25) is 5.91 Å². The summed E-state index contributed by atoms with van der Waals surface area (Å²) < 4.78 is 2.01. The van der Waals surface area contributed by atoms with Crippen molar-refractivity contribution in [3.05, 3.63) is 56.8 Å². The molecule has 1 aromatic heterocycles. The summed E-state index contributed by atoms with van der Waals surface area (Å²) in [5.41, 5.74) is 4.00. The summed E-state index contributed by atoms with van der Waals surface area (Å²) in [7, 11) is 1.95. The van der Waals surface area contributed by atoms with Crippen LogP contribution in [0.25, 0.3) is 11.0 Å². The molecule has 0 spiro atoms. The summed E-state index contributed by atoms with van der Waals surface area (Å²) in [5.74, 6) is 1.29. The Labute approximate surface area is 264 Å². The van der Waals surface area contributed by atoms with E-state index in [-0.39, 0.29) is 17.9 Å². The zero-order valence-electron chi connectivity index (χ0n) is 25.8. The number of aliphatic hydroxyl groups excluding tert-OH is 1. The predicted octanol–water partition coefficient (Wildman–Crippen LogP) is 6.01. The first-order chi connectivity index (χ1) is 20.3. The van der Waals surface area contributed by atoms with Gasteiger partial charge in [-0.05, 0) is 67.3 Å². The number of nitrogens with one attached hydrogen (secondary N) is 2. The van der Waals surface area contributed by atoms with Crippen molar-refractivity contribution in [3.8, 4) is 0 Å². The minimum absolute atomic E-state index is 0.0605. The van der Waals surface area contributed by atoms with E-state index < -0.39 is 11.5 Å². The van der Waals surface area contributed by atoms with Crippen molar-refractivity contribution in [2.75, 3.05) is 18.0 Å². The predicted molar refractivity (Wildman–Crippen MR) is 173 cm³/mol. The number of hydrogen-bond donors (Lipinski definition) is 3. The number of carbonyl (C=O) groups excluding carboxylic acids is 2. The van der Waals surface area contributed by atoms with E-state index >= 15 is 0 Å². The van der Waals surface area contributed by atoms with Gasteiger partial charge in [-0.25, -0.2) is 4.98 Å². The highest BCUT2D eigenvalue weighted by Crippen LogP contribution is 2.34. The number of rotatable bonds is 7. The molecule has 2 aromatic carbocycles. The van der Waals surface area contributed by atoms with Crippen LogP contribution in [0.2, 0.25) is 10.0 Å². The lowest BCUT2D eigenvalue weighted by molar-refractivity contribution is -0.128. The zero-order chi connectivity index (χ0) is 31.1. The molecule has 232 valence electrons. The Bertz CT molecular complexity index is 1520. The van der Waals surface area contributed by atoms with Gasteiger partial charge in [-0.15, -0.1) is 0 Å². The number of benzene rings is 2. The summed E-state index contributed by atoms with van der Waals surface area (Å²) in [5, 5.41) is 17.6. The fourth-order valence-electron chi connectivity index (χ4n) is 6.05. The van der Waals surface area contributed by atoms with Crippen LogP contribution >= 0.6 is 23.2 Å². The number of amides is 2. The molecule has 2 fully saturated rings. The highest BCUT2D eigenvalue weighted by Gasteiger charge is 2.28. The molecule has 8 nitrogen and oxygen atoms in total. The molecule has 1 aliphatic heterocycles. The van der Waals surface area contributed by atoms with Crippen molar-refractivity contribution in [1.29, 1.82) is 0 Å². The Morgan fingerprint density at radius 1 is 1.09 bits per heavy atom. The van der Waals surface area contributed by atoms with Gasteiger partial charge in [-0.3, -0.25) is 9.59 Å². The second-order valence-corrected chi connectivity index (χ2v) is 14.2. The van der Waals surface area contributed by atoms with Gasteiger partial charge in [-0.2, -0.15) is 0 Å². The Kier molecular flexibility index (Phi) is 9.31. The monoisotopic (exact) mass is 627 g/mol. The summed E-state index contributed by atoms with van der Waals surface area (Å²) in [6, 6.07) is 7.70. The molecule has 1 saturated heterocycles. The third-order valence-electron chi connectivity index (χ3n) is 8.91. The molecule has 0 radical (unpaired) electrons. The van der Waals surface area contributed by atoms with E-state index in [4.69, 9.17) is 28.2 Å². The average molecular weight is 629 g/mol. The lowest BCUT2D eigenvalue weighted by atomic mass is 9.87. The third-order valence-corrected chi connectivity index (χ3v) is 9.74. The van der Waals surface area contributed by atoms with Crippen LogP contribution in [-0.2, 0) is 24.8 Å². The maximum Gasteiger partial charge on any atom is 0.253 e. The van der Waals surface area contributed by atoms with Crippen LogP contribution in [0.4, 0.5) is 5.69 Å². The molecule has 2 amide bonds. The standard InChI is InChI=1S/C33H43Cl2N5O3/c1-19-6-9-21(10-7-19)37-31(42)24-14-26-28(16-27(24)40-13-12-22(41)18-40)39(5)29(38-26)15-23-25(34)11-8-20(30(23)35)17-36-32(43)33(2,3)4/h8,11,14,16,19,21-22,41H,6-7,9-10,12-13,15,17-18H2,1-5H3,(H,36,43)(H,37,42). The average Bonchev–Trinajstić information content (AvgIpc) is 3.52. The minimum atomic E-state index is -0.508. The molecule has 1 unspecified atom stereocenters. The van der Waals surface area contributed by atoms with Crippen molar-refractivity contribution in [1.82, 2.24) is 20.2 Å². The highest BCUT2D eigenvalue weighted by molar-refractivity contribution is 6.36. The first kappa shape index (κ1) is 31.6. The lowest BCUT2D eigenvalue weighted by Crippen LogP contribution is -2.38. The number of aryl methyl sites for hydroxylation is 1.